The first kappa shape index (κ1) is 20.3. The molecule has 0 radical (unpaired) electrons. The molecule has 0 aliphatic carbocycles. The van der Waals surface area contributed by atoms with Gasteiger partial charge >= 0.3 is 0 Å². The Kier molecular flexibility index (Phi) is 6.85. The Labute approximate surface area is 166 Å². The molecule has 0 fully saturated rings. The van der Waals surface area contributed by atoms with E-state index in [0.717, 1.165) is 5.56 Å². The zero-order chi connectivity index (χ0) is 20.0. The van der Waals surface area contributed by atoms with Crippen LogP contribution in [0.25, 0.3) is 6.08 Å². The second kappa shape index (κ2) is 9.10. The third-order valence-corrected chi connectivity index (χ3v) is 4.32. The Morgan fingerprint density at radius 1 is 1.11 bits per heavy atom. The summed E-state index contributed by atoms with van der Waals surface area (Å²) in [5.41, 5.74) is 2.01. The maximum atomic E-state index is 12.6. The number of carbonyl (C=O) groups excluding carboxylic acids is 1. The van der Waals surface area contributed by atoms with Gasteiger partial charge in [-0.3, -0.25) is 4.79 Å². The normalized spacial score (nSPS) is 10.7. The van der Waals surface area contributed by atoms with Crippen molar-refractivity contribution >= 4 is 33.6 Å². The van der Waals surface area contributed by atoms with Gasteiger partial charge in [0.05, 0.1) is 31.5 Å². The monoisotopic (exact) mass is 430 g/mol. The highest BCUT2D eigenvalue weighted by Gasteiger charge is 2.15. The number of hydrogen-bond acceptors (Lipinski definition) is 5. The molecule has 0 saturated carbocycles. The van der Waals surface area contributed by atoms with Crippen molar-refractivity contribution in [3.8, 4) is 23.3 Å². The number of halogens is 1. The third kappa shape index (κ3) is 4.80. The maximum absolute atomic E-state index is 12.6. The number of methoxy groups -OCH3 is 3. The first-order valence-electron chi connectivity index (χ1n) is 7.92. The molecule has 0 atom stereocenters. The second-order valence-electron chi connectivity index (χ2n) is 5.57. The van der Waals surface area contributed by atoms with Crippen molar-refractivity contribution in [2.45, 2.75) is 6.92 Å². The van der Waals surface area contributed by atoms with Gasteiger partial charge in [0, 0.05) is 0 Å². The van der Waals surface area contributed by atoms with Crippen molar-refractivity contribution in [3.05, 3.63) is 51.5 Å². The van der Waals surface area contributed by atoms with Gasteiger partial charge in [0.25, 0.3) is 5.91 Å². The highest BCUT2D eigenvalue weighted by molar-refractivity contribution is 9.10. The fourth-order valence-corrected chi connectivity index (χ4v) is 3.07. The summed E-state index contributed by atoms with van der Waals surface area (Å²) in [6.07, 6.45) is 1.48. The molecular formula is C20H19BrN2O4. The second-order valence-corrected chi connectivity index (χ2v) is 6.42. The van der Waals surface area contributed by atoms with Gasteiger partial charge in [-0.25, -0.2) is 0 Å². The molecule has 0 unspecified atom stereocenters. The molecule has 0 aliphatic heterocycles. The number of benzene rings is 2. The van der Waals surface area contributed by atoms with E-state index in [4.69, 9.17) is 14.2 Å². The summed E-state index contributed by atoms with van der Waals surface area (Å²) in [6.45, 7) is 1.90. The quantitative estimate of drug-likeness (QED) is 0.544. The van der Waals surface area contributed by atoms with Gasteiger partial charge in [-0.15, -0.1) is 0 Å². The molecule has 0 saturated heterocycles. The topological polar surface area (TPSA) is 80.6 Å². The smallest absolute Gasteiger partial charge is 0.266 e. The fourth-order valence-electron chi connectivity index (χ4n) is 2.45. The number of carbonyl (C=O) groups is 1. The van der Waals surface area contributed by atoms with Crippen molar-refractivity contribution in [1.29, 1.82) is 5.26 Å². The molecule has 2 aromatic rings. The van der Waals surface area contributed by atoms with E-state index >= 15 is 0 Å². The van der Waals surface area contributed by atoms with Crippen LogP contribution in [0.5, 0.6) is 17.2 Å². The molecule has 1 amide bonds. The largest absolute Gasteiger partial charge is 0.495 e. The summed E-state index contributed by atoms with van der Waals surface area (Å²) < 4.78 is 16.5. The van der Waals surface area contributed by atoms with E-state index in [-0.39, 0.29) is 5.57 Å². The Morgan fingerprint density at radius 2 is 1.81 bits per heavy atom. The van der Waals surface area contributed by atoms with Crippen LogP contribution in [0.15, 0.2) is 40.4 Å². The molecule has 1 N–H and O–H groups in total. The SMILES string of the molecule is COc1ccc(C)cc1NC(=O)/C(C#N)=C/c1cc(Br)c(OC)c(OC)c1. The van der Waals surface area contributed by atoms with Crippen LogP contribution >= 0.6 is 15.9 Å². The van der Waals surface area contributed by atoms with Crippen molar-refractivity contribution in [1.82, 2.24) is 0 Å². The van der Waals surface area contributed by atoms with Crippen LogP contribution in [-0.4, -0.2) is 27.2 Å². The summed E-state index contributed by atoms with van der Waals surface area (Å²) in [5, 5.41) is 12.2. The number of nitrogens with one attached hydrogen (secondary N) is 1. The van der Waals surface area contributed by atoms with Crippen LogP contribution in [-0.2, 0) is 4.79 Å². The zero-order valence-corrected chi connectivity index (χ0v) is 17.0. The summed E-state index contributed by atoms with van der Waals surface area (Å²) in [5.74, 6) is 0.991. The van der Waals surface area contributed by atoms with Gasteiger partial charge in [0.1, 0.15) is 17.4 Å². The van der Waals surface area contributed by atoms with Crippen LogP contribution < -0.4 is 19.5 Å². The number of amides is 1. The van der Waals surface area contributed by atoms with E-state index < -0.39 is 5.91 Å². The molecule has 0 heterocycles. The number of nitriles is 1. The Balaban J connectivity index is 2.37. The van der Waals surface area contributed by atoms with E-state index in [1.54, 1.807) is 24.3 Å². The highest BCUT2D eigenvalue weighted by atomic mass is 79.9. The van der Waals surface area contributed by atoms with E-state index in [0.29, 0.717) is 33.0 Å². The van der Waals surface area contributed by atoms with Crippen LogP contribution in [0.4, 0.5) is 5.69 Å². The average Bonchev–Trinajstić information content (AvgIpc) is 2.65. The molecule has 27 heavy (non-hydrogen) atoms. The summed E-state index contributed by atoms with van der Waals surface area (Å²) in [7, 11) is 4.56. The van der Waals surface area contributed by atoms with Crippen LogP contribution in [0.1, 0.15) is 11.1 Å². The van der Waals surface area contributed by atoms with Gasteiger partial charge in [-0.1, -0.05) is 6.07 Å². The Morgan fingerprint density at radius 3 is 2.41 bits per heavy atom. The van der Waals surface area contributed by atoms with Crippen molar-refractivity contribution in [3.63, 3.8) is 0 Å². The van der Waals surface area contributed by atoms with Crippen molar-refractivity contribution in [2.24, 2.45) is 0 Å². The molecule has 0 aliphatic rings. The standard InChI is InChI=1S/C20H19BrN2O4/c1-12-5-6-17(25-2)16(7-12)23-20(24)14(11-22)8-13-9-15(21)19(27-4)18(10-13)26-3/h5-10H,1-4H3,(H,23,24)/b14-8+. The molecule has 0 bridgehead atoms. The number of rotatable bonds is 6. The van der Waals surface area contributed by atoms with Gasteiger partial charge in [-0.2, -0.15) is 5.26 Å². The van der Waals surface area contributed by atoms with Crippen molar-refractivity contribution < 1.29 is 19.0 Å². The summed E-state index contributed by atoms with van der Waals surface area (Å²) >= 11 is 3.39. The maximum Gasteiger partial charge on any atom is 0.266 e. The van der Waals surface area contributed by atoms with Crippen LogP contribution in [0, 0.1) is 18.3 Å². The molecular weight excluding hydrogens is 412 g/mol. The van der Waals surface area contributed by atoms with Gasteiger partial charge in [0.2, 0.25) is 0 Å². The first-order chi connectivity index (χ1) is 12.9. The number of aryl methyl sites for hydroxylation is 1. The Hall–Kier alpha value is -2.98. The lowest BCUT2D eigenvalue weighted by atomic mass is 10.1. The van der Waals surface area contributed by atoms with Crippen molar-refractivity contribution in [2.75, 3.05) is 26.6 Å². The molecule has 2 aromatic carbocycles. The predicted octanol–water partition coefficient (Wildman–Crippen LogP) is 4.33. The lowest BCUT2D eigenvalue weighted by Crippen LogP contribution is -2.14. The number of nitrogens with zero attached hydrogens (tertiary/aromatic N) is 1. The molecule has 6 nitrogen and oxygen atoms in total. The molecule has 2 rings (SSSR count). The number of anilines is 1. The van der Waals surface area contributed by atoms with Gasteiger partial charge in [-0.05, 0) is 64.3 Å². The third-order valence-electron chi connectivity index (χ3n) is 3.74. The minimum Gasteiger partial charge on any atom is -0.495 e. The van der Waals surface area contributed by atoms with Gasteiger partial charge < -0.3 is 19.5 Å². The lowest BCUT2D eigenvalue weighted by Gasteiger charge is -2.12. The fraction of sp³-hybridized carbons (Fsp3) is 0.200. The lowest BCUT2D eigenvalue weighted by molar-refractivity contribution is -0.112. The molecule has 0 aromatic heterocycles. The van der Waals surface area contributed by atoms with Crippen LogP contribution in [0.3, 0.4) is 0 Å². The predicted molar refractivity (Wildman–Crippen MR) is 107 cm³/mol. The van der Waals surface area contributed by atoms with E-state index in [2.05, 4.69) is 21.2 Å². The number of ether oxygens (including phenoxy) is 3. The first-order valence-corrected chi connectivity index (χ1v) is 8.72. The highest BCUT2D eigenvalue weighted by Crippen LogP contribution is 2.37. The minimum atomic E-state index is -0.535. The van der Waals surface area contributed by atoms with E-state index in [1.165, 1.54) is 27.4 Å². The molecule has 0 spiro atoms. The van der Waals surface area contributed by atoms with E-state index in [1.807, 2.05) is 19.1 Å². The number of hydrogen-bond donors (Lipinski definition) is 1. The Bertz CT molecular complexity index is 932. The summed E-state index contributed by atoms with van der Waals surface area (Å²) in [6, 6.07) is 10.8. The van der Waals surface area contributed by atoms with E-state index in [9.17, 15) is 10.1 Å². The average molecular weight is 431 g/mol. The molecule has 7 heteroatoms. The summed E-state index contributed by atoms with van der Waals surface area (Å²) in [4.78, 5) is 12.6. The van der Waals surface area contributed by atoms with Gasteiger partial charge in [0.15, 0.2) is 11.5 Å². The molecule has 140 valence electrons. The zero-order valence-electron chi connectivity index (χ0n) is 15.4. The minimum absolute atomic E-state index is 0.0577. The van der Waals surface area contributed by atoms with Crippen LogP contribution in [0.2, 0.25) is 0 Å².